The molecule has 0 aliphatic heterocycles. The van der Waals surface area contributed by atoms with Crippen LogP contribution in [0, 0.1) is 11.8 Å². The standard InChI is InChI=1S/C10H19N/c1-3-4-5-9-6-10(9)8(2)7-11/h5,8,10H,3-4,6-7,11H2,1-2H3/b9-5+. The molecule has 0 heterocycles. The average Bonchev–Trinajstić information content (AvgIpc) is 2.78. The van der Waals surface area contributed by atoms with Gasteiger partial charge in [0, 0.05) is 0 Å². The Bertz CT molecular complexity index is 149. The van der Waals surface area contributed by atoms with Crippen LogP contribution >= 0.6 is 0 Å². The molecule has 64 valence electrons. The molecular weight excluding hydrogens is 134 g/mol. The molecule has 11 heavy (non-hydrogen) atoms. The zero-order valence-corrected chi connectivity index (χ0v) is 7.64. The summed E-state index contributed by atoms with van der Waals surface area (Å²) < 4.78 is 0. The van der Waals surface area contributed by atoms with Crippen LogP contribution in [0.4, 0.5) is 0 Å². The molecule has 0 saturated heterocycles. The fraction of sp³-hybridized carbons (Fsp3) is 0.800. The van der Waals surface area contributed by atoms with Gasteiger partial charge in [0.25, 0.3) is 0 Å². The van der Waals surface area contributed by atoms with Crippen molar-refractivity contribution in [3.05, 3.63) is 11.6 Å². The Morgan fingerprint density at radius 3 is 3.00 bits per heavy atom. The third-order valence-corrected chi connectivity index (χ3v) is 2.53. The van der Waals surface area contributed by atoms with Gasteiger partial charge in [-0.25, -0.2) is 0 Å². The van der Waals surface area contributed by atoms with Gasteiger partial charge in [0.05, 0.1) is 0 Å². The maximum atomic E-state index is 5.58. The van der Waals surface area contributed by atoms with Gasteiger partial charge in [-0.15, -0.1) is 0 Å². The van der Waals surface area contributed by atoms with Gasteiger partial charge in [0.1, 0.15) is 0 Å². The third-order valence-electron chi connectivity index (χ3n) is 2.53. The quantitative estimate of drug-likeness (QED) is 0.616. The Balaban J connectivity index is 2.25. The Hall–Kier alpha value is -0.300. The van der Waals surface area contributed by atoms with E-state index in [1.807, 2.05) is 0 Å². The van der Waals surface area contributed by atoms with Crippen molar-refractivity contribution in [1.82, 2.24) is 0 Å². The molecule has 1 nitrogen and oxygen atoms in total. The summed E-state index contributed by atoms with van der Waals surface area (Å²) in [5.41, 5.74) is 7.23. The van der Waals surface area contributed by atoms with Crippen molar-refractivity contribution in [2.75, 3.05) is 6.54 Å². The maximum absolute atomic E-state index is 5.58. The Morgan fingerprint density at radius 1 is 1.73 bits per heavy atom. The third kappa shape index (κ3) is 2.33. The molecule has 1 aliphatic carbocycles. The minimum atomic E-state index is 0.707. The van der Waals surface area contributed by atoms with Crippen LogP contribution in [-0.2, 0) is 0 Å². The highest BCUT2D eigenvalue weighted by atomic mass is 14.6. The molecule has 1 rings (SSSR count). The zero-order chi connectivity index (χ0) is 8.27. The molecule has 0 aromatic carbocycles. The predicted molar refractivity (Wildman–Crippen MR) is 49.3 cm³/mol. The highest BCUT2D eigenvalue weighted by Crippen LogP contribution is 2.43. The smallest absolute Gasteiger partial charge is 0.00457 e. The Morgan fingerprint density at radius 2 is 2.45 bits per heavy atom. The summed E-state index contributed by atoms with van der Waals surface area (Å²) >= 11 is 0. The van der Waals surface area contributed by atoms with Crippen LogP contribution in [0.25, 0.3) is 0 Å². The number of rotatable bonds is 4. The first-order valence-corrected chi connectivity index (χ1v) is 4.68. The lowest BCUT2D eigenvalue weighted by Crippen LogP contribution is -2.12. The zero-order valence-electron chi connectivity index (χ0n) is 7.64. The van der Waals surface area contributed by atoms with Crippen LogP contribution in [0.15, 0.2) is 11.6 Å². The van der Waals surface area contributed by atoms with Gasteiger partial charge in [-0.1, -0.05) is 31.9 Å². The molecule has 1 aliphatic rings. The molecule has 2 N–H and O–H groups in total. The fourth-order valence-corrected chi connectivity index (χ4v) is 1.49. The summed E-state index contributed by atoms with van der Waals surface area (Å²) in [6.07, 6.45) is 6.24. The van der Waals surface area contributed by atoms with Crippen molar-refractivity contribution in [1.29, 1.82) is 0 Å². The second-order valence-corrected chi connectivity index (χ2v) is 3.59. The Labute approximate surface area is 69.7 Å². The van der Waals surface area contributed by atoms with Crippen LogP contribution in [0.2, 0.25) is 0 Å². The first-order chi connectivity index (χ1) is 5.29. The van der Waals surface area contributed by atoms with E-state index in [0.29, 0.717) is 5.92 Å². The van der Waals surface area contributed by atoms with Gasteiger partial charge < -0.3 is 5.73 Å². The van der Waals surface area contributed by atoms with Crippen LogP contribution in [0.3, 0.4) is 0 Å². The van der Waals surface area contributed by atoms with Gasteiger partial charge in [0.15, 0.2) is 0 Å². The number of allylic oxidation sites excluding steroid dienone is 2. The van der Waals surface area contributed by atoms with Gasteiger partial charge in [0.2, 0.25) is 0 Å². The van der Waals surface area contributed by atoms with Gasteiger partial charge >= 0.3 is 0 Å². The highest BCUT2D eigenvalue weighted by Gasteiger charge is 2.32. The van der Waals surface area contributed by atoms with E-state index in [-0.39, 0.29) is 0 Å². The molecule has 0 aromatic rings. The van der Waals surface area contributed by atoms with E-state index in [1.165, 1.54) is 19.3 Å². The van der Waals surface area contributed by atoms with Crippen molar-refractivity contribution in [3.63, 3.8) is 0 Å². The van der Waals surface area contributed by atoms with Crippen LogP contribution in [0.5, 0.6) is 0 Å². The summed E-state index contributed by atoms with van der Waals surface area (Å²) in [4.78, 5) is 0. The van der Waals surface area contributed by atoms with Crippen molar-refractivity contribution in [2.24, 2.45) is 17.6 Å². The minimum Gasteiger partial charge on any atom is -0.330 e. The predicted octanol–water partition coefficient (Wildman–Crippen LogP) is 2.33. The number of hydrogen-bond acceptors (Lipinski definition) is 1. The molecule has 1 saturated carbocycles. The van der Waals surface area contributed by atoms with Crippen molar-refractivity contribution < 1.29 is 0 Å². The average molecular weight is 153 g/mol. The lowest BCUT2D eigenvalue weighted by molar-refractivity contribution is 0.536. The molecule has 0 amide bonds. The van der Waals surface area contributed by atoms with Crippen LogP contribution in [-0.4, -0.2) is 6.54 Å². The van der Waals surface area contributed by atoms with Crippen LogP contribution in [0.1, 0.15) is 33.1 Å². The normalized spacial score (nSPS) is 29.0. The monoisotopic (exact) mass is 153 g/mol. The minimum absolute atomic E-state index is 0.707. The molecule has 1 heteroatoms. The first kappa shape index (κ1) is 8.79. The summed E-state index contributed by atoms with van der Waals surface area (Å²) in [5.74, 6) is 1.55. The summed E-state index contributed by atoms with van der Waals surface area (Å²) in [6.45, 7) is 5.31. The number of unbranched alkanes of at least 4 members (excludes halogenated alkanes) is 1. The van der Waals surface area contributed by atoms with Gasteiger partial charge in [-0.2, -0.15) is 0 Å². The molecule has 0 aromatic heterocycles. The second kappa shape index (κ2) is 3.91. The van der Waals surface area contributed by atoms with E-state index in [2.05, 4.69) is 19.9 Å². The summed E-state index contributed by atoms with van der Waals surface area (Å²) in [6, 6.07) is 0. The molecule has 2 unspecified atom stereocenters. The summed E-state index contributed by atoms with van der Waals surface area (Å²) in [5, 5.41) is 0. The molecule has 1 fully saturated rings. The topological polar surface area (TPSA) is 26.0 Å². The Kier molecular flexibility index (Phi) is 3.13. The van der Waals surface area contributed by atoms with E-state index in [9.17, 15) is 0 Å². The van der Waals surface area contributed by atoms with Crippen molar-refractivity contribution in [3.8, 4) is 0 Å². The number of hydrogen-bond donors (Lipinski definition) is 1. The van der Waals surface area contributed by atoms with E-state index >= 15 is 0 Å². The van der Waals surface area contributed by atoms with E-state index < -0.39 is 0 Å². The van der Waals surface area contributed by atoms with E-state index in [0.717, 1.165) is 12.5 Å². The largest absolute Gasteiger partial charge is 0.330 e. The molecule has 2 atom stereocenters. The SMILES string of the molecule is CCC/C=C1\CC1C(C)CN. The highest BCUT2D eigenvalue weighted by molar-refractivity contribution is 5.24. The lowest BCUT2D eigenvalue weighted by Gasteiger charge is -2.02. The van der Waals surface area contributed by atoms with E-state index in [1.54, 1.807) is 5.57 Å². The van der Waals surface area contributed by atoms with Crippen molar-refractivity contribution >= 4 is 0 Å². The molecule has 0 bridgehead atoms. The summed E-state index contributed by atoms with van der Waals surface area (Å²) in [7, 11) is 0. The molecule has 0 radical (unpaired) electrons. The fourth-order valence-electron chi connectivity index (χ4n) is 1.49. The van der Waals surface area contributed by atoms with Crippen molar-refractivity contribution in [2.45, 2.75) is 33.1 Å². The van der Waals surface area contributed by atoms with E-state index in [4.69, 9.17) is 5.73 Å². The maximum Gasteiger partial charge on any atom is -0.00457 e. The first-order valence-electron chi connectivity index (χ1n) is 4.68. The molecular formula is C10H19N. The lowest BCUT2D eigenvalue weighted by atomic mass is 10.1. The second-order valence-electron chi connectivity index (χ2n) is 3.59. The van der Waals surface area contributed by atoms with Gasteiger partial charge in [-0.3, -0.25) is 0 Å². The van der Waals surface area contributed by atoms with Crippen LogP contribution < -0.4 is 5.73 Å². The number of nitrogens with two attached hydrogens (primary N) is 1. The van der Waals surface area contributed by atoms with Gasteiger partial charge in [-0.05, 0) is 31.2 Å². The molecule has 0 spiro atoms.